The largest absolute Gasteiger partial charge is 0.444 e. The predicted octanol–water partition coefficient (Wildman–Crippen LogP) is 1.81. The SMILES string of the molecule is CCNC(=NCc1nnc(C)n1C)N1CCC(NC(=O)OC(C)(C)C)C1.I. The van der Waals surface area contributed by atoms with Crippen molar-refractivity contribution >= 4 is 36.0 Å². The molecule has 2 N–H and O–H groups in total. The Hall–Kier alpha value is -1.59. The fourth-order valence-corrected chi connectivity index (χ4v) is 2.70. The van der Waals surface area contributed by atoms with E-state index in [0.29, 0.717) is 13.1 Å². The van der Waals surface area contributed by atoms with Crippen LogP contribution in [0.1, 0.15) is 45.8 Å². The molecule has 2 heterocycles. The molecule has 154 valence electrons. The van der Waals surface area contributed by atoms with E-state index in [9.17, 15) is 4.79 Å². The topological polar surface area (TPSA) is 96.7 Å². The van der Waals surface area contributed by atoms with Gasteiger partial charge in [-0.15, -0.1) is 34.2 Å². The van der Waals surface area contributed by atoms with E-state index in [2.05, 4.69) is 30.7 Å². The Kier molecular flexibility index (Phi) is 8.76. The van der Waals surface area contributed by atoms with Crippen LogP contribution in [0.15, 0.2) is 4.99 Å². The van der Waals surface area contributed by atoms with E-state index in [1.165, 1.54) is 0 Å². The molecule has 0 aliphatic carbocycles. The third-order valence-electron chi connectivity index (χ3n) is 4.10. The summed E-state index contributed by atoms with van der Waals surface area (Å²) < 4.78 is 7.27. The lowest BCUT2D eigenvalue weighted by Crippen LogP contribution is -2.44. The predicted molar refractivity (Wildman–Crippen MR) is 115 cm³/mol. The van der Waals surface area contributed by atoms with Crippen LogP contribution in [-0.2, 0) is 18.3 Å². The molecule has 1 amide bonds. The number of nitrogens with zero attached hydrogens (tertiary/aromatic N) is 5. The minimum absolute atomic E-state index is 0. The second-order valence-corrected chi connectivity index (χ2v) is 7.47. The second kappa shape index (κ2) is 10.1. The van der Waals surface area contributed by atoms with Crippen LogP contribution >= 0.6 is 24.0 Å². The maximum Gasteiger partial charge on any atom is 0.407 e. The molecule has 9 nitrogen and oxygen atoms in total. The lowest BCUT2D eigenvalue weighted by Gasteiger charge is -2.23. The number of aliphatic imine (C=N–C) groups is 1. The van der Waals surface area contributed by atoms with Gasteiger partial charge in [-0.05, 0) is 41.0 Å². The van der Waals surface area contributed by atoms with Crippen molar-refractivity contribution in [3.05, 3.63) is 11.6 Å². The van der Waals surface area contributed by atoms with Gasteiger partial charge in [-0.25, -0.2) is 9.79 Å². The van der Waals surface area contributed by atoms with Crippen LogP contribution < -0.4 is 10.6 Å². The smallest absolute Gasteiger partial charge is 0.407 e. The molecule has 1 aliphatic heterocycles. The summed E-state index contributed by atoms with van der Waals surface area (Å²) in [5.41, 5.74) is -0.493. The lowest BCUT2D eigenvalue weighted by atomic mass is 10.2. The molecule has 1 aromatic rings. The van der Waals surface area contributed by atoms with E-state index in [4.69, 9.17) is 4.74 Å². The number of rotatable bonds is 4. The van der Waals surface area contributed by atoms with E-state index in [-0.39, 0.29) is 36.1 Å². The van der Waals surface area contributed by atoms with Crippen LogP contribution in [0, 0.1) is 6.92 Å². The monoisotopic (exact) mass is 493 g/mol. The van der Waals surface area contributed by atoms with Crippen LogP contribution in [-0.4, -0.2) is 63.0 Å². The molecule has 0 spiro atoms. The molecule has 27 heavy (non-hydrogen) atoms. The summed E-state index contributed by atoms with van der Waals surface area (Å²) in [5, 5.41) is 14.5. The highest BCUT2D eigenvalue weighted by Crippen LogP contribution is 2.12. The number of carbonyl (C=O) groups excluding carboxylic acids is 1. The number of amides is 1. The molecule has 1 atom stereocenters. The van der Waals surface area contributed by atoms with Crippen molar-refractivity contribution in [1.82, 2.24) is 30.3 Å². The van der Waals surface area contributed by atoms with E-state index in [1.807, 2.05) is 46.2 Å². The van der Waals surface area contributed by atoms with Gasteiger partial charge in [-0.3, -0.25) is 0 Å². The normalized spacial score (nSPS) is 17.5. The first-order valence-electron chi connectivity index (χ1n) is 9.07. The highest BCUT2D eigenvalue weighted by atomic mass is 127. The Morgan fingerprint density at radius 1 is 1.37 bits per heavy atom. The number of aromatic nitrogens is 3. The highest BCUT2D eigenvalue weighted by Gasteiger charge is 2.27. The van der Waals surface area contributed by atoms with Crippen molar-refractivity contribution < 1.29 is 9.53 Å². The number of likely N-dealkylation sites (tertiary alicyclic amines) is 1. The highest BCUT2D eigenvalue weighted by molar-refractivity contribution is 14.0. The summed E-state index contributed by atoms with van der Waals surface area (Å²) in [5.74, 6) is 2.50. The number of hydrogen-bond acceptors (Lipinski definition) is 5. The molecule has 0 bridgehead atoms. The van der Waals surface area contributed by atoms with Crippen molar-refractivity contribution in [2.45, 2.75) is 59.2 Å². The minimum Gasteiger partial charge on any atom is -0.444 e. The Bertz CT molecular complexity index is 654. The number of hydrogen-bond donors (Lipinski definition) is 2. The van der Waals surface area contributed by atoms with Gasteiger partial charge in [0.25, 0.3) is 0 Å². The molecule has 1 aromatic heterocycles. The Labute approximate surface area is 178 Å². The Morgan fingerprint density at radius 2 is 2.07 bits per heavy atom. The average Bonchev–Trinajstić information content (AvgIpc) is 3.10. The molecule has 10 heteroatoms. The van der Waals surface area contributed by atoms with Gasteiger partial charge in [0.1, 0.15) is 18.0 Å². The molecule has 1 unspecified atom stereocenters. The van der Waals surface area contributed by atoms with Crippen molar-refractivity contribution in [2.75, 3.05) is 19.6 Å². The van der Waals surface area contributed by atoms with Gasteiger partial charge in [0.05, 0.1) is 6.04 Å². The van der Waals surface area contributed by atoms with Gasteiger partial charge in [-0.1, -0.05) is 0 Å². The third-order valence-corrected chi connectivity index (χ3v) is 4.10. The van der Waals surface area contributed by atoms with E-state index >= 15 is 0 Å². The van der Waals surface area contributed by atoms with Gasteiger partial charge >= 0.3 is 6.09 Å². The van der Waals surface area contributed by atoms with Crippen molar-refractivity contribution in [1.29, 1.82) is 0 Å². The lowest BCUT2D eigenvalue weighted by molar-refractivity contribution is 0.0507. The van der Waals surface area contributed by atoms with Crippen molar-refractivity contribution in [3.8, 4) is 0 Å². The molecular formula is C17H32IN7O2. The Balaban J connectivity index is 0.00000364. The average molecular weight is 493 g/mol. The summed E-state index contributed by atoms with van der Waals surface area (Å²) >= 11 is 0. The summed E-state index contributed by atoms with van der Waals surface area (Å²) in [7, 11) is 1.93. The summed E-state index contributed by atoms with van der Waals surface area (Å²) in [4.78, 5) is 18.8. The van der Waals surface area contributed by atoms with Gasteiger partial charge in [0, 0.05) is 26.7 Å². The molecule has 0 saturated carbocycles. The van der Waals surface area contributed by atoms with Crippen molar-refractivity contribution in [2.24, 2.45) is 12.0 Å². The molecule has 1 fully saturated rings. The van der Waals surface area contributed by atoms with Crippen LogP contribution in [0.4, 0.5) is 4.79 Å². The number of halogens is 1. The molecule has 0 radical (unpaired) electrons. The van der Waals surface area contributed by atoms with Gasteiger partial charge in [0.2, 0.25) is 0 Å². The van der Waals surface area contributed by atoms with Gasteiger partial charge < -0.3 is 24.8 Å². The summed E-state index contributed by atoms with van der Waals surface area (Å²) in [6, 6.07) is 0.0470. The third kappa shape index (κ3) is 7.15. The molecule has 1 saturated heterocycles. The molecule has 2 rings (SSSR count). The first-order chi connectivity index (χ1) is 12.2. The first kappa shape index (κ1) is 23.4. The maximum absolute atomic E-state index is 12.0. The number of nitrogens with one attached hydrogen (secondary N) is 2. The van der Waals surface area contributed by atoms with Crippen LogP contribution in [0.2, 0.25) is 0 Å². The van der Waals surface area contributed by atoms with Crippen molar-refractivity contribution in [3.63, 3.8) is 0 Å². The number of carbonyl (C=O) groups is 1. The zero-order valence-corrected chi connectivity index (χ0v) is 19.4. The summed E-state index contributed by atoms with van der Waals surface area (Å²) in [6.07, 6.45) is 0.480. The van der Waals surface area contributed by atoms with E-state index in [0.717, 1.165) is 37.1 Å². The fraction of sp³-hybridized carbons (Fsp3) is 0.765. The van der Waals surface area contributed by atoms with Crippen LogP contribution in [0.3, 0.4) is 0 Å². The molecule has 1 aliphatic rings. The maximum atomic E-state index is 12.0. The number of alkyl carbamates (subject to hydrolysis) is 1. The van der Waals surface area contributed by atoms with E-state index < -0.39 is 5.60 Å². The zero-order valence-electron chi connectivity index (χ0n) is 17.1. The minimum atomic E-state index is -0.493. The van der Waals surface area contributed by atoms with Gasteiger partial charge in [-0.2, -0.15) is 0 Å². The zero-order chi connectivity index (χ0) is 19.3. The second-order valence-electron chi connectivity index (χ2n) is 7.47. The van der Waals surface area contributed by atoms with E-state index in [1.54, 1.807) is 0 Å². The van der Waals surface area contributed by atoms with Crippen LogP contribution in [0.5, 0.6) is 0 Å². The molecule has 0 aromatic carbocycles. The number of guanidine groups is 1. The quantitative estimate of drug-likeness (QED) is 0.378. The van der Waals surface area contributed by atoms with Gasteiger partial charge in [0.15, 0.2) is 11.8 Å². The number of ether oxygens (including phenoxy) is 1. The summed E-state index contributed by atoms with van der Waals surface area (Å²) in [6.45, 7) is 12.3. The fourth-order valence-electron chi connectivity index (χ4n) is 2.70. The Morgan fingerprint density at radius 3 is 2.63 bits per heavy atom. The van der Waals surface area contributed by atoms with Crippen LogP contribution in [0.25, 0.3) is 0 Å². The first-order valence-corrected chi connectivity index (χ1v) is 9.07. The molecular weight excluding hydrogens is 461 g/mol. The standard InChI is InChI=1S/C17H31N7O2.HI/c1-7-18-15(19-10-14-22-21-12(2)23(14)6)24-9-8-13(11-24)20-16(25)26-17(3,4)5;/h13H,7-11H2,1-6H3,(H,18,19)(H,20,25);1H. The number of aryl methyl sites for hydroxylation is 1.